The fourth-order valence-corrected chi connectivity index (χ4v) is 8.22. The van der Waals surface area contributed by atoms with E-state index in [-0.39, 0.29) is 86.9 Å². The van der Waals surface area contributed by atoms with Gasteiger partial charge in [-0.25, -0.2) is 14.8 Å². The maximum absolute atomic E-state index is 13.9. The zero-order valence-corrected chi connectivity index (χ0v) is 32.0. The molecule has 1 aromatic carbocycles. The van der Waals surface area contributed by atoms with Crippen molar-refractivity contribution in [1.82, 2.24) is 40.3 Å². The van der Waals surface area contributed by atoms with Gasteiger partial charge in [0.15, 0.2) is 18.1 Å². The van der Waals surface area contributed by atoms with E-state index >= 15 is 0 Å². The minimum Gasteiger partial charge on any atom is -0.477 e. The van der Waals surface area contributed by atoms with E-state index in [0.29, 0.717) is 62.5 Å². The highest BCUT2D eigenvalue weighted by molar-refractivity contribution is 6.34. The number of rotatable bonds is 11. The molecule has 0 spiro atoms. The van der Waals surface area contributed by atoms with Crippen molar-refractivity contribution in [2.45, 2.75) is 25.4 Å². The predicted octanol–water partition coefficient (Wildman–Crippen LogP) is 2.69. The first-order chi connectivity index (χ1) is 27.6. The van der Waals surface area contributed by atoms with Crippen LogP contribution in [0, 0.1) is 11.8 Å². The molecule has 0 aliphatic carbocycles. The maximum Gasteiger partial charge on any atom is 0.435 e. The first kappa shape index (κ1) is 40.5. The van der Waals surface area contributed by atoms with Crippen LogP contribution in [-0.4, -0.2) is 134 Å². The number of carbonyl (C=O) groups excluding carboxylic acids is 3. The van der Waals surface area contributed by atoms with E-state index in [1.165, 1.54) is 36.5 Å². The van der Waals surface area contributed by atoms with E-state index in [4.69, 9.17) is 23.1 Å². The summed E-state index contributed by atoms with van der Waals surface area (Å²) < 4.78 is 42.2. The lowest BCUT2D eigenvalue weighted by Gasteiger charge is -2.46. The number of amides is 3. The number of nitrogens with one attached hydrogen (secondary N) is 4. The number of pyridine rings is 1. The van der Waals surface area contributed by atoms with Gasteiger partial charge in [0, 0.05) is 93.5 Å². The van der Waals surface area contributed by atoms with Gasteiger partial charge in [0.05, 0.1) is 47.3 Å². The molecule has 308 valence electrons. The highest BCUT2D eigenvalue weighted by atomic mass is 35.5. The number of H-pyrrole nitrogens is 2. The minimum atomic E-state index is -4.80. The number of anilines is 3. The van der Waals surface area contributed by atoms with Crippen molar-refractivity contribution in [1.29, 1.82) is 0 Å². The van der Waals surface area contributed by atoms with E-state index in [9.17, 15) is 37.5 Å². The molecule has 3 fully saturated rings. The molecule has 0 unspecified atom stereocenters. The number of aromatic amines is 2. The van der Waals surface area contributed by atoms with Crippen molar-refractivity contribution in [2.24, 2.45) is 11.8 Å². The molecule has 4 aromatic rings. The number of carboxylic acids is 1. The highest BCUT2D eigenvalue weighted by Crippen LogP contribution is 2.36. The molecule has 0 atom stereocenters. The normalized spacial score (nSPS) is 20.1. The maximum atomic E-state index is 13.9. The highest BCUT2D eigenvalue weighted by Gasteiger charge is 2.42. The average Bonchev–Trinajstić information content (AvgIpc) is 3.82. The minimum absolute atomic E-state index is 0.0300. The molecule has 3 saturated heterocycles. The number of imidazole rings is 1. The molecule has 3 aromatic heterocycles. The Labute approximate surface area is 334 Å². The summed E-state index contributed by atoms with van der Waals surface area (Å²) >= 11 is 6.52. The first-order valence-corrected chi connectivity index (χ1v) is 19.1. The number of piperazine rings is 1. The number of alkyl halides is 3. The molecule has 0 bridgehead atoms. The van der Waals surface area contributed by atoms with Crippen molar-refractivity contribution < 1.29 is 41.9 Å². The number of nitrogen functional groups attached to an aromatic ring is 2. The molecule has 6 heterocycles. The zero-order chi connectivity index (χ0) is 41.4. The SMILES string of the molecule is Nc1ccc(-c2[nH]nc(C(F)(F)F)c2Cc2cnc(C(=O)Nc3ccc(C(=O)N4CCN(C(=O)C5CC[N+](CC(=O)O)(CC6CNC6)CC5)CC4)c(Cl)c3)[nH]2)nc1N. The molecule has 21 heteroatoms. The van der Waals surface area contributed by atoms with E-state index in [1.807, 2.05) is 0 Å². The summed E-state index contributed by atoms with van der Waals surface area (Å²) in [6.07, 6.45) is -2.66. The lowest BCUT2D eigenvalue weighted by Crippen LogP contribution is -2.62. The Kier molecular flexibility index (Phi) is 11.3. The third-order valence-electron chi connectivity index (χ3n) is 11.1. The van der Waals surface area contributed by atoms with Crippen molar-refractivity contribution in [3.05, 3.63) is 69.9 Å². The number of hydrogen-bond acceptors (Lipinski definition) is 10. The van der Waals surface area contributed by atoms with Crippen LogP contribution in [0.25, 0.3) is 11.4 Å². The fraction of sp³-hybridized carbons (Fsp3) is 0.432. The van der Waals surface area contributed by atoms with E-state index in [1.54, 1.807) is 9.80 Å². The zero-order valence-electron chi connectivity index (χ0n) is 31.2. The fourth-order valence-electron chi connectivity index (χ4n) is 7.96. The summed E-state index contributed by atoms with van der Waals surface area (Å²) in [7, 11) is 0. The topological polar surface area (TPSA) is 241 Å². The van der Waals surface area contributed by atoms with Crippen LogP contribution >= 0.6 is 11.6 Å². The van der Waals surface area contributed by atoms with Crippen LogP contribution in [-0.2, 0) is 22.2 Å². The predicted molar refractivity (Wildman–Crippen MR) is 205 cm³/mol. The average molecular weight is 828 g/mol. The second kappa shape index (κ2) is 16.3. The van der Waals surface area contributed by atoms with Crippen molar-refractivity contribution >= 4 is 52.5 Å². The number of likely N-dealkylation sites (tertiary alicyclic amines) is 1. The molecule has 9 N–H and O–H groups in total. The van der Waals surface area contributed by atoms with Gasteiger partial charge >= 0.3 is 12.1 Å². The lowest BCUT2D eigenvalue weighted by molar-refractivity contribution is -0.929. The van der Waals surface area contributed by atoms with Gasteiger partial charge in [0.1, 0.15) is 5.82 Å². The number of nitrogens with zero attached hydrogens (tertiary/aromatic N) is 6. The molecular formula is C37H43ClF3N12O5+. The number of carboxylic acid groups (broad SMARTS) is 1. The van der Waals surface area contributed by atoms with Crippen LogP contribution in [0.15, 0.2) is 36.5 Å². The molecule has 0 radical (unpaired) electrons. The van der Waals surface area contributed by atoms with Crippen molar-refractivity contribution in [3.63, 3.8) is 0 Å². The smallest absolute Gasteiger partial charge is 0.435 e. The second-order valence-electron chi connectivity index (χ2n) is 15.1. The van der Waals surface area contributed by atoms with Crippen molar-refractivity contribution in [2.75, 3.05) is 82.2 Å². The number of carbonyl (C=O) groups is 4. The van der Waals surface area contributed by atoms with Gasteiger partial charge in [-0.1, -0.05) is 11.6 Å². The summed E-state index contributed by atoms with van der Waals surface area (Å²) in [5, 5.41) is 21.4. The quantitative estimate of drug-likeness (QED) is 0.109. The lowest BCUT2D eigenvalue weighted by atomic mass is 9.90. The third kappa shape index (κ3) is 8.72. The largest absolute Gasteiger partial charge is 0.477 e. The molecule has 17 nitrogen and oxygen atoms in total. The van der Waals surface area contributed by atoms with E-state index < -0.39 is 23.7 Å². The number of aliphatic carboxylic acids is 1. The van der Waals surface area contributed by atoms with Crippen LogP contribution in [0.4, 0.5) is 30.4 Å². The molecule has 3 amide bonds. The standard InChI is InChI=1S/C37H42ClF3N12O5/c38-26-14-22(47-34(56)33-45-17-23(46-33)13-25-30(49-50-31(25)37(39,40)41)28-4-3-27(42)32(43)48-28)1-2-24(26)36(58)52-9-7-51(8-10-52)35(57)21-5-11-53(12-6-21,19-29(54)55)18-20-15-44-16-20/h1-4,14,17,20-21,44H,5-13,15-16,18-19H2,(H7-,42,43,45,46,47,48,49,50,54,55,56,58)/p+1. The van der Waals surface area contributed by atoms with Gasteiger partial charge in [-0.3, -0.25) is 19.5 Å². The Balaban J connectivity index is 0.932. The number of piperidine rings is 1. The van der Waals surface area contributed by atoms with Gasteiger partial charge in [0.25, 0.3) is 11.8 Å². The van der Waals surface area contributed by atoms with E-state index in [2.05, 4.69) is 35.8 Å². The number of benzene rings is 1. The number of nitrogens with two attached hydrogens (primary N) is 2. The van der Waals surface area contributed by atoms with Gasteiger partial charge in [0.2, 0.25) is 5.91 Å². The van der Waals surface area contributed by atoms with E-state index in [0.717, 1.165) is 19.6 Å². The number of halogens is 4. The molecule has 3 aliphatic rings. The van der Waals surface area contributed by atoms with Gasteiger partial charge in [-0.15, -0.1) is 0 Å². The summed E-state index contributed by atoms with van der Waals surface area (Å²) in [4.78, 5) is 66.0. The Morgan fingerprint density at radius 2 is 1.72 bits per heavy atom. The Bertz CT molecular complexity index is 2210. The number of quaternary nitrogens is 1. The summed E-state index contributed by atoms with van der Waals surface area (Å²) in [5.41, 5.74) is 10.9. The first-order valence-electron chi connectivity index (χ1n) is 18.8. The summed E-state index contributed by atoms with van der Waals surface area (Å²) in [6, 6.07) is 7.20. The van der Waals surface area contributed by atoms with Crippen molar-refractivity contribution in [3.8, 4) is 11.4 Å². The molecule has 58 heavy (non-hydrogen) atoms. The van der Waals surface area contributed by atoms with Crippen LogP contribution < -0.4 is 22.1 Å². The summed E-state index contributed by atoms with van der Waals surface area (Å²) in [6.45, 7) is 5.26. The Morgan fingerprint density at radius 3 is 2.34 bits per heavy atom. The van der Waals surface area contributed by atoms with Crippen LogP contribution in [0.5, 0.6) is 0 Å². The third-order valence-corrected chi connectivity index (χ3v) is 11.4. The van der Waals surface area contributed by atoms with Crippen LogP contribution in [0.1, 0.15) is 50.8 Å². The molecule has 3 aliphatic heterocycles. The number of aromatic nitrogens is 5. The second-order valence-corrected chi connectivity index (χ2v) is 15.5. The monoisotopic (exact) mass is 827 g/mol. The Morgan fingerprint density at radius 1 is 1.02 bits per heavy atom. The van der Waals surface area contributed by atoms with Gasteiger partial charge in [-0.2, -0.15) is 18.3 Å². The van der Waals surface area contributed by atoms with Gasteiger partial charge in [-0.05, 0) is 30.3 Å². The molecule has 7 rings (SSSR count). The Hall–Kier alpha value is -5.73. The van der Waals surface area contributed by atoms with Crippen LogP contribution in [0.2, 0.25) is 5.02 Å². The van der Waals surface area contributed by atoms with Gasteiger partial charge < -0.3 is 46.5 Å². The summed E-state index contributed by atoms with van der Waals surface area (Å²) in [5.74, 6) is -1.82. The van der Waals surface area contributed by atoms with Crippen LogP contribution in [0.3, 0.4) is 0 Å². The molecular weight excluding hydrogens is 785 g/mol. The molecule has 0 saturated carbocycles. The number of hydrogen-bond donors (Lipinski definition) is 7.